The topological polar surface area (TPSA) is 39.1 Å². The first-order valence-corrected chi connectivity index (χ1v) is 7.63. The van der Waals surface area contributed by atoms with Gasteiger partial charge in [-0.25, -0.2) is 0 Å². The molecular formula is C17H25N3. The standard InChI is InChI=1S/C17H25N3/c1-14(2)20(12-15-6-8-19-9-7-15)13-17-5-3-4-16(10-17)11-18/h3-5,10,14-15,19H,6-9,12-13H2,1-2H3. The Hall–Kier alpha value is -1.37. The van der Waals surface area contributed by atoms with Gasteiger partial charge in [0, 0.05) is 19.1 Å². The monoisotopic (exact) mass is 271 g/mol. The first kappa shape index (κ1) is 15.0. The van der Waals surface area contributed by atoms with Crippen molar-refractivity contribution in [1.29, 1.82) is 5.26 Å². The van der Waals surface area contributed by atoms with Crippen LogP contribution in [0.25, 0.3) is 0 Å². The molecule has 1 N–H and O–H groups in total. The third-order valence-electron chi connectivity index (χ3n) is 4.12. The van der Waals surface area contributed by atoms with Crippen LogP contribution in [-0.2, 0) is 6.54 Å². The first-order chi connectivity index (χ1) is 9.69. The summed E-state index contributed by atoms with van der Waals surface area (Å²) in [6.45, 7) is 8.93. The van der Waals surface area contributed by atoms with Crippen LogP contribution in [0.1, 0.15) is 37.8 Å². The van der Waals surface area contributed by atoms with E-state index >= 15 is 0 Å². The van der Waals surface area contributed by atoms with Crippen LogP contribution in [-0.4, -0.2) is 30.6 Å². The molecule has 108 valence electrons. The third-order valence-corrected chi connectivity index (χ3v) is 4.12. The van der Waals surface area contributed by atoms with Crippen molar-refractivity contribution in [3.63, 3.8) is 0 Å². The fourth-order valence-corrected chi connectivity index (χ4v) is 2.83. The van der Waals surface area contributed by atoms with Gasteiger partial charge in [-0.1, -0.05) is 12.1 Å². The van der Waals surface area contributed by atoms with Crippen LogP contribution in [0.4, 0.5) is 0 Å². The molecule has 0 saturated carbocycles. The summed E-state index contributed by atoms with van der Waals surface area (Å²) < 4.78 is 0. The summed E-state index contributed by atoms with van der Waals surface area (Å²) in [5, 5.41) is 12.4. The lowest BCUT2D eigenvalue weighted by Crippen LogP contribution is -2.39. The van der Waals surface area contributed by atoms with E-state index in [-0.39, 0.29) is 0 Å². The zero-order valence-electron chi connectivity index (χ0n) is 12.6. The third kappa shape index (κ3) is 4.33. The van der Waals surface area contributed by atoms with Crippen LogP contribution >= 0.6 is 0 Å². The van der Waals surface area contributed by atoms with Gasteiger partial charge in [0.05, 0.1) is 11.6 Å². The number of rotatable bonds is 5. The van der Waals surface area contributed by atoms with Crippen LogP contribution in [0, 0.1) is 17.2 Å². The molecule has 1 heterocycles. The average molecular weight is 271 g/mol. The van der Waals surface area contributed by atoms with Gasteiger partial charge in [0.15, 0.2) is 0 Å². The number of hydrogen-bond donors (Lipinski definition) is 1. The molecule has 0 aromatic heterocycles. The fraction of sp³-hybridized carbons (Fsp3) is 0.588. The quantitative estimate of drug-likeness (QED) is 0.895. The molecule has 1 aliphatic rings. The van der Waals surface area contributed by atoms with Gasteiger partial charge in [-0.05, 0) is 63.4 Å². The lowest BCUT2D eigenvalue weighted by atomic mass is 9.96. The van der Waals surface area contributed by atoms with E-state index in [0.29, 0.717) is 6.04 Å². The SMILES string of the molecule is CC(C)N(Cc1cccc(C#N)c1)CC1CCNCC1. The second kappa shape index (κ2) is 7.42. The minimum absolute atomic E-state index is 0.538. The molecule has 1 saturated heterocycles. The summed E-state index contributed by atoms with van der Waals surface area (Å²) in [5.41, 5.74) is 2.00. The first-order valence-electron chi connectivity index (χ1n) is 7.63. The number of hydrogen-bond acceptors (Lipinski definition) is 3. The molecular weight excluding hydrogens is 246 g/mol. The van der Waals surface area contributed by atoms with Gasteiger partial charge in [0.25, 0.3) is 0 Å². The van der Waals surface area contributed by atoms with E-state index in [9.17, 15) is 0 Å². The Labute approximate surface area is 122 Å². The maximum absolute atomic E-state index is 9.00. The number of nitrogens with zero attached hydrogens (tertiary/aromatic N) is 2. The molecule has 1 aromatic carbocycles. The van der Waals surface area contributed by atoms with E-state index < -0.39 is 0 Å². The molecule has 0 atom stereocenters. The molecule has 20 heavy (non-hydrogen) atoms. The van der Waals surface area contributed by atoms with Gasteiger partial charge in [-0.15, -0.1) is 0 Å². The zero-order valence-corrected chi connectivity index (χ0v) is 12.6. The Balaban J connectivity index is 1.99. The minimum atomic E-state index is 0.538. The van der Waals surface area contributed by atoms with Crippen molar-refractivity contribution in [2.75, 3.05) is 19.6 Å². The molecule has 1 fully saturated rings. The van der Waals surface area contributed by atoms with Crippen molar-refractivity contribution in [1.82, 2.24) is 10.2 Å². The Morgan fingerprint density at radius 2 is 2.10 bits per heavy atom. The van der Waals surface area contributed by atoms with Crippen molar-refractivity contribution in [3.05, 3.63) is 35.4 Å². The number of nitriles is 1. The smallest absolute Gasteiger partial charge is 0.0991 e. The van der Waals surface area contributed by atoms with Gasteiger partial charge in [-0.3, -0.25) is 4.90 Å². The van der Waals surface area contributed by atoms with Crippen molar-refractivity contribution in [2.45, 2.75) is 39.3 Å². The van der Waals surface area contributed by atoms with Gasteiger partial charge in [0.2, 0.25) is 0 Å². The lowest BCUT2D eigenvalue weighted by molar-refractivity contribution is 0.162. The van der Waals surface area contributed by atoms with E-state index in [1.54, 1.807) is 0 Å². The van der Waals surface area contributed by atoms with Crippen molar-refractivity contribution >= 4 is 0 Å². The number of piperidine rings is 1. The predicted molar refractivity (Wildman–Crippen MR) is 82.3 cm³/mol. The highest BCUT2D eigenvalue weighted by molar-refractivity contribution is 5.32. The zero-order chi connectivity index (χ0) is 14.4. The molecule has 0 bridgehead atoms. The Kier molecular flexibility index (Phi) is 5.58. The van der Waals surface area contributed by atoms with E-state index in [0.717, 1.165) is 37.7 Å². The molecule has 1 aromatic rings. The number of benzene rings is 1. The normalized spacial score (nSPS) is 16.6. The molecule has 0 radical (unpaired) electrons. The van der Waals surface area contributed by atoms with Crippen LogP contribution in [0.2, 0.25) is 0 Å². The predicted octanol–water partition coefficient (Wildman–Crippen LogP) is 2.77. The molecule has 0 spiro atoms. The molecule has 0 aliphatic carbocycles. The van der Waals surface area contributed by atoms with Crippen molar-refractivity contribution in [3.8, 4) is 6.07 Å². The van der Waals surface area contributed by atoms with Gasteiger partial charge in [-0.2, -0.15) is 5.26 Å². The molecule has 0 unspecified atom stereocenters. The summed E-state index contributed by atoms with van der Waals surface area (Å²) in [6.07, 6.45) is 2.56. The molecule has 2 rings (SSSR count). The van der Waals surface area contributed by atoms with Gasteiger partial charge >= 0.3 is 0 Å². The minimum Gasteiger partial charge on any atom is -0.317 e. The average Bonchev–Trinajstić information content (AvgIpc) is 2.48. The maximum atomic E-state index is 9.00. The van der Waals surface area contributed by atoms with E-state index in [1.807, 2.05) is 18.2 Å². The second-order valence-electron chi connectivity index (χ2n) is 6.03. The van der Waals surface area contributed by atoms with Crippen LogP contribution in [0.15, 0.2) is 24.3 Å². The summed E-state index contributed by atoms with van der Waals surface area (Å²) >= 11 is 0. The van der Waals surface area contributed by atoms with E-state index in [1.165, 1.54) is 18.4 Å². The summed E-state index contributed by atoms with van der Waals surface area (Å²) in [5.74, 6) is 0.804. The summed E-state index contributed by atoms with van der Waals surface area (Å²) in [6, 6.07) is 10.8. The summed E-state index contributed by atoms with van der Waals surface area (Å²) in [4.78, 5) is 2.53. The molecule has 0 amide bonds. The van der Waals surface area contributed by atoms with Crippen molar-refractivity contribution < 1.29 is 0 Å². The maximum Gasteiger partial charge on any atom is 0.0991 e. The molecule has 3 heteroatoms. The highest BCUT2D eigenvalue weighted by atomic mass is 15.1. The Morgan fingerprint density at radius 3 is 2.75 bits per heavy atom. The van der Waals surface area contributed by atoms with E-state index in [4.69, 9.17) is 5.26 Å². The summed E-state index contributed by atoms with van der Waals surface area (Å²) in [7, 11) is 0. The highest BCUT2D eigenvalue weighted by Crippen LogP contribution is 2.17. The van der Waals surface area contributed by atoms with Gasteiger partial charge < -0.3 is 5.32 Å². The van der Waals surface area contributed by atoms with Crippen molar-refractivity contribution in [2.24, 2.45) is 5.92 Å². The Bertz CT molecular complexity index is 456. The fourth-order valence-electron chi connectivity index (χ4n) is 2.83. The van der Waals surface area contributed by atoms with Gasteiger partial charge in [0.1, 0.15) is 0 Å². The highest BCUT2D eigenvalue weighted by Gasteiger charge is 2.19. The van der Waals surface area contributed by atoms with Crippen LogP contribution in [0.3, 0.4) is 0 Å². The molecule has 1 aliphatic heterocycles. The largest absolute Gasteiger partial charge is 0.317 e. The van der Waals surface area contributed by atoms with Crippen LogP contribution < -0.4 is 5.32 Å². The van der Waals surface area contributed by atoms with Crippen LogP contribution in [0.5, 0.6) is 0 Å². The molecule has 3 nitrogen and oxygen atoms in total. The van der Waals surface area contributed by atoms with E-state index in [2.05, 4.69) is 36.2 Å². The number of nitrogens with one attached hydrogen (secondary N) is 1. The Morgan fingerprint density at radius 1 is 1.35 bits per heavy atom. The second-order valence-corrected chi connectivity index (χ2v) is 6.03. The lowest BCUT2D eigenvalue weighted by Gasteiger charge is -2.32.